The molecule has 3 aromatic rings. The van der Waals surface area contributed by atoms with Crippen molar-refractivity contribution in [1.82, 2.24) is 14.7 Å². The number of hydrogen-bond acceptors (Lipinski definition) is 2. The van der Waals surface area contributed by atoms with E-state index in [0.29, 0.717) is 12.1 Å². The molecule has 0 radical (unpaired) electrons. The van der Waals surface area contributed by atoms with Crippen LogP contribution in [0.1, 0.15) is 24.2 Å². The molecule has 5 heteroatoms. The molecule has 2 aromatic heterocycles. The Balaban J connectivity index is 1.73. The zero-order chi connectivity index (χ0) is 14.8. The van der Waals surface area contributed by atoms with E-state index in [2.05, 4.69) is 10.3 Å². The molecule has 1 atom stereocenters. The Hall–Kier alpha value is -2.27. The maximum Gasteiger partial charge on any atom is 0.137 e. The number of hydrogen-bond donors (Lipinski definition) is 1. The number of halogens is 2. The molecular weight excluding hydrogens is 272 g/mol. The molecular formula is C16H15F2N3. The number of benzene rings is 1. The highest BCUT2D eigenvalue weighted by atomic mass is 19.1. The minimum absolute atomic E-state index is 0.300. The van der Waals surface area contributed by atoms with Crippen molar-refractivity contribution in [2.45, 2.75) is 19.5 Å². The molecule has 108 valence electrons. The summed E-state index contributed by atoms with van der Waals surface area (Å²) in [4.78, 5) is 4.45. The van der Waals surface area contributed by atoms with Crippen LogP contribution in [-0.4, -0.2) is 9.38 Å². The summed E-state index contributed by atoms with van der Waals surface area (Å²) in [5, 5.41) is 3.16. The number of aromatic nitrogens is 2. The first-order valence-corrected chi connectivity index (χ1v) is 6.74. The molecule has 3 rings (SSSR count). The molecule has 3 nitrogen and oxygen atoms in total. The molecule has 1 unspecified atom stereocenters. The van der Waals surface area contributed by atoms with Gasteiger partial charge in [-0.1, -0.05) is 6.07 Å². The van der Waals surface area contributed by atoms with Crippen LogP contribution in [0.3, 0.4) is 0 Å². The Kier molecular flexibility index (Phi) is 3.66. The van der Waals surface area contributed by atoms with Crippen molar-refractivity contribution < 1.29 is 8.78 Å². The summed E-state index contributed by atoms with van der Waals surface area (Å²) < 4.78 is 28.8. The van der Waals surface area contributed by atoms with Gasteiger partial charge in [0.15, 0.2) is 0 Å². The molecule has 1 N–H and O–H groups in total. The topological polar surface area (TPSA) is 29.3 Å². The largest absolute Gasteiger partial charge is 0.307 e. The molecule has 0 bridgehead atoms. The Morgan fingerprint density at radius 3 is 2.90 bits per heavy atom. The van der Waals surface area contributed by atoms with Gasteiger partial charge in [-0.25, -0.2) is 13.8 Å². The van der Waals surface area contributed by atoms with E-state index in [0.717, 1.165) is 23.5 Å². The minimum Gasteiger partial charge on any atom is -0.307 e. The predicted molar refractivity (Wildman–Crippen MR) is 76.8 cm³/mol. The summed E-state index contributed by atoms with van der Waals surface area (Å²) >= 11 is 0. The molecule has 0 saturated carbocycles. The Bertz CT molecular complexity index is 734. The fourth-order valence-corrected chi connectivity index (χ4v) is 2.29. The monoisotopic (exact) mass is 287 g/mol. The molecule has 0 spiro atoms. The smallest absolute Gasteiger partial charge is 0.137 e. The van der Waals surface area contributed by atoms with Crippen LogP contribution >= 0.6 is 0 Å². The highest BCUT2D eigenvalue weighted by Crippen LogP contribution is 2.18. The van der Waals surface area contributed by atoms with Crippen LogP contribution in [0.15, 0.2) is 48.8 Å². The standard InChI is InChI=1S/C16H15F2N3/c1-11(14-8-12(17)5-6-15(14)18)19-9-13-10-21-7-3-2-4-16(21)20-13/h2-8,10-11,19H,9H2,1H3. The van der Waals surface area contributed by atoms with E-state index in [4.69, 9.17) is 0 Å². The molecule has 21 heavy (non-hydrogen) atoms. The second kappa shape index (κ2) is 5.61. The second-order valence-electron chi connectivity index (χ2n) is 4.97. The molecule has 0 aliphatic heterocycles. The van der Waals surface area contributed by atoms with Gasteiger partial charge in [0.05, 0.1) is 5.69 Å². The molecule has 0 amide bonds. The molecule has 0 aliphatic rings. The SMILES string of the molecule is CC(NCc1cn2ccccc2n1)c1cc(F)ccc1F. The maximum atomic E-state index is 13.7. The van der Waals surface area contributed by atoms with Gasteiger partial charge in [-0.3, -0.25) is 0 Å². The van der Waals surface area contributed by atoms with Crippen molar-refractivity contribution in [1.29, 1.82) is 0 Å². The van der Waals surface area contributed by atoms with Crippen molar-refractivity contribution in [2.24, 2.45) is 0 Å². The third-order valence-corrected chi connectivity index (χ3v) is 3.43. The van der Waals surface area contributed by atoms with Crippen molar-refractivity contribution in [3.05, 3.63) is 71.7 Å². The van der Waals surface area contributed by atoms with E-state index in [9.17, 15) is 8.78 Å². The quantitative estimate of drug-likeness (QED) is 0.796. The third kappa shape index (κ3) is 2.92. The average molecular weight is 287 g/mol. The van der Waals surface area contributed by atoms with E-state index in [1.807, 2.05) is 35.0 Å². The zero-order valence-corrected chi connectivity index (χ0v) is 11.6. The van der Waals surface area contributed by atoms with Crippen molar-refractivity contribution in [3.8, 4) is 0 Å². The summed E-state index contributed by atoms with van der Waals surface area (Å²) in [6, 6.07) is 8.95. The fourth-order valence-electron chi connectivity index (χ4n) is 2.29. The number of imidazole rings is 1. The number of fused-ring (bicyclic) bond motifs is 1. The Morgan fingerprint density at radius 2 is 2.10 bits per heavy atom. The van der Waals surface area contributed by atoms with Crippen molar-refractivity contribution >= 4 is 5.65 Å². The van der Waals surface area contributed by atoms with Gasteiger partial charge in [0.2, 0.25) is 0 Å². The summed E-state index contributed by atoms with van der Waals surface area (Å²) in [5.74, 6) is -0.848. The third-order valence-electron chi connectivity index (χ3n) is 3.43. The molecule has 1 aromatic carbocycles. The normalized spacial score (nSPS) is 12.7. The lowest BCUT2D eigenvalue weighted by atomic mass is 10.1. The Morgan fingerprint density at radius 1 is 1.24 bits per heavy atom. The van der Waals surface area contributed by atoms with E-state index >= 15 is 0 Å². The first kappa shape index (κ1) is 13.7. The molecule has 2 heterocycles. The zero-order valence-electron chi connectivity index (χ0n) is 11.6. The van der Waals surface area contributed by atoms with Gasteiger partial charge in [-0.2, -0.15) is 0 Å². The lowest BCUT2D eigenvalue weighted by molar-refractivity contribution is 0.516. The first-order valence-electron chi connectivity index (χ1n) is 6.74. The Labute approximate surface area is 121 Å². The molecule has 0 fully saturated rings. The van der Waals surface area contributed by atoms with Crippen LogP contribution < -0.4 is 5.32 Å². The van der Waals surface area contributed by atoms with Crippen LogP contribution in [0.25, 0.3) is 5.65 Å². The van der Waals surface area contributed by atoms with E-state index < -0.39 is 11.6 Å². The van der Waals surface area contributed by atoms with Crippen LogP contribution in [0.4, 0.5) is 8.78 Å². The van der Waals surface area contributed by atoms with Crippen LogP contribution in [0, 0.1) is 11.6 Å². The first-order chi connectivity index (χ1) is 10.1. The van der Waals surface area contributed by atoms with Crippen molar-refractivity contribution in [2.75, 3.05) is 0 Å². The van der Waals surface area contributed by atoms with Gasteiger partial charge in [-0.05, 0) is 37.3 Å². The lowest BCUT2D eigenvalue weighted by Gasteiger charge is -2.14. The predicted octanol–water partition coefficient (Wildman–Crippen LogP) is 3.46. The maximum absolute atomic E-state index is 13.7. The summed E-state index contributed by atoms with van der Waals surface area (Å²) in [6.45, 7) is 2.28. The fraction of sp³-hybridized carbons (Fsp3) is 0.188. The highest BCUT2D eigenvalue weighted by molar-refractivity contribution is 5.39. The van der Waals surface area contributed by atoms with E-state index in [-0.39, 0.29) is 6.04 Å². The van der Waals surface area contributed by atoms with Crippen molar-refractivity contribution in [3.63, 3.8) is 0 Å². The highest BCUT2D eigenvalue weighted by Gasteiger charge is 2.12. The molecule has 0 saturated heterocycles. The number of pyridine rings is 1. The van der Waals surface area contributed by atoms with Gasteiger partial charge in [0.1, 0.15) is 17.3 Å². The summed E-state index contributed by atoms with van der Waals surface area (Å²) in [6.07, 6.45) is 3.83. The van der Waals surface area contributed by atoms with Crippen LogP contribution in [0.5, 0.6) is 0 Å². The van der Waals surface area contributed by atoms with Gasteiger partial charge in [-0.15, -0.1) is 0 Å². The number of rotatable bonds is 4. The second-order valence-corrected chi connectivity index (χ2v) is 4.97. The van der Waals surface area contributed by atoms with Gasteiger partial charge in [0.25, 0.3) is 0 Å². The lowest BCUT2D eigenvalue weighted by Crippen LogP contribution is -2.19. The van der Waals surface area contributed by atoms with Gasteiger partial charge < -0.3 is 9.72 Å². The van der Waals surface area contributed by atoms with Gasteiger partial charge in [0, 0.05) is 30.5 Å². The van der Waals surface area contributed by atoms with Crippen LogP contribution in [-0.2, 0) is 6.54 Å². The summed E-state index contributed by atoms with van der Waals surface area (Å²) in [7, 11) is 0. The number of nitrogens with one attached hydrogen (secondary N) is 1. The van der Waals surface area contributed by atoms with E-state index in [1.165, 1.54) is 6.07 Å². The average Bonchev–Trinajstić information content (AvgIpc) is 2.90. The van der Waals surface area contributed by atoms with Crippen LogP contribution in [0.2, 0.25) is 0 Å². The van der Waals surface area contributed by atoms with Gasteiger partial charge >= 0.3 is 0 Å². The summed E-state index contributed by atoms with van der Waals surface area (Å²) in [5.41, 5.74) is 2.03. The minimum atomic E-state index is -0.437. The van der Waals surface area contributed by atoms with E-state index in [1.54, 1.807) is 6.92 Å². The number of nitrogens with zero attached hydrogens (tertiary/aromatic N) is 2. The molecule has 0 aliphatic carbocycles.